The first kappa shape index (κ1) is 19.1. The second-order valence-electron chi connectivity index (χ2n) is 7.32. The molecule has 29 heavy (non-hydrogen) atoms. The summed E-state index contributed by atoms with van der Waals surface area (Å²) in [5.74, 6) is -0.513. The van der Waals surface area contributed by atoms with Crippen LogP contribution in [0.3, 0.4) is 0 Å². The Balaban J connectivity index is 1.52. The van der Waals surface area contributed by atoms with Crippen LogP contribution in [-0.4, -0.2) is 31.1 Å². The zero-order valence-electron chi connectivity index (χ0n) is 16.4. The zero-order valence-corrected chi connectivity index (χ0v) is 16.4. The third-order valence-electron chi connectivity index (χ3n) is 5.48. The number of imidazole rings is 1. The molecule has 1 aliphatic rings. The average Bonchev–Trinajstić information content (AvgIpc) is 3.14. The summed E-state index contributed by atoms with van der Waals surface area (Å²) in [7, 11) is 2.99. The van der Waals surface area contributed by atoms with Gasteiger partial charge < -0.3 is 9.47 Å². The van der Waals surface area contributed by atoms with Crippen LogP contribution in [0, 0.1) is 5.82 Å². The number of aryl methyl sites for hydroxylation is 3. The van der Waals surface area contributed by atoms with E-state index in [1.807, 2.05) is 6.07 Å². The highest BCUT2D eigenvalue weighted by Crippen LogP contribution is 2.30. The molecule has 0 atom stereocenters. The predicted octanol–water partition coefficient (Wildman–Crippen LogP) is 1.33. The van der Waals surface area contributed by atoms with Crippen molar-refractivity contribution in [2.75, 3.05) is 11.4 Å². The van der Waals surface area contributed by atoms with Crippen molar-refractivity contribution in [1.29, 1.82) is 0 Å². The standard InChI is InChI=1S/C20H22FN5O3/c1-23-18-17(19(28)24(2)20(23)29)25(12-22-18)10-5-9-15(27)26-11-4-7-13-6-3-8-14(21)16(13)26/h3,6,8,12H,4-5,7,9-11H2,1-2H3. The van der Waals surface area contributed by atoms with Crippen LogP contribution >= 0.6 is 0 Å². The van der Waals surface area contributed by atoms with Gasteiger partial charge in [0.25, 0.3) is 5.56 Å². The highest BCUT2D eigenvalue weighted by atomic mass is 19.1. The number of halogens is 1. The summed E-state index contributed by atoms with van der Waals surface area (Å²) in [5, 5.41) is 0. The van der Waals surface area contributed by atoms with Crippen molar-refractivity contribution in [3.05, 3.63) is 56.7 Å². The quantitative estimate of drug-likeness (QED) is 0.663. The molecule has 1 aromatic carbocycles. The molecule has 3 heterocycles. The normalized spacial score (nSPS) is 13.7. The smallest absolute Gasteiger partial charge is 0.325 e. The molecule has 0 aliphatic carbocycles. The summed E-state index contributed by atoms with van der Waals surface area (Å²) in [6, 6.07) is 4.90. The molecule has 1 aliphatic heterocycles. The number of nitrogens with zero attached hydrogens (tertiary/aromatic N) is 5. The van der Waals surface area contributed by atoms with E-state index >= 15 is 0 Å². The molecule has 0 saturated heterocycles. The second kappa shape index (κ2) is 7.31. The van der Waals surface area contributed by atoms with Gasteiger partial charge in [0, 0.05) is 33.6 Å². The maximum atomic E-state index is 14.3. The Hall–Kier alpha value is -3.23. The highest BCUT2D eigenvalue weighted by Gasteiger charge is 2.25. The van der Waals surface area contributed by atoms with Gasteiger partial charge in [-0.15, -0.1) is 0 Å². The van der Waals surface area contributed by atoms with Crippen molar-refractivity contribution in [2.45, 2.75) is 32.2 Å². The fourth-order valence-corrected chi connectivity index (χ4v) is 3.95. The van der Waals surface area contributed by atoms with E-state index < -0.39 is 11.2 Å². The number of anilines is 1. The van der Waals surface area contributed by atoms with E-state index in [1.165, 1.54) is 28.9 Å². The molecule has 0 unspecified atom stereocenters. The van der Waals surface area contributed by atoms with Gasteiger partial charge >= 0.3 is 5.69 Å². The number of fused-ring (bicyclic) bond motifs is 2. The van der Waals surface area contributed by atoms with E-state index in [4.69, 9.17) is 0 Å². The van der Waals surface area contributed by atoms with Gasteiger partial charge in [0.1, 0.15) is 5.82 Å². The zero-order chi connectivity index (χ0) is 20.7. The van der Waals surface area contributed by atoms with E-state index in [-0.39, 0.29) is 18.1 Å². The highest BCUT2D eigenvalue weighted by molar-refractivity contribution is 5.94. The minimum Gasteiger partial charge on any atom is -0.325 e. The lowest BCUT2D eigenvalue weighted by Gasteiger charge is -2.30. The van der Waals surface area contributed by atoms with E-state index in [0.717, 1.165) is 23.0 Å². The Labute approximate surface area is 165 Å². The average molecular weight is 399 g/mol. The van der Waals surface area contributed by atoms with Crippen LogP contribution in [0.25, 0.3) is 11.2 Å². The summed E-state index contributed by atoms with van der Waals surface area (Å²) >= 11 is 0. The summed E-state index contributed by atoms with van der Waals surface area (Å²) in [6.07, 6.45) is 3.76. The van der Waals surface area contributed by atoms with E-state index in [2.05, 4.69) is 4.98 Å². The number of amides is 1. The molecule has 8 nitrogen and oxygen atoms in total. The topological polar surface area (TPSA) is 82.1 Å². The number of hydrogen-bond acceptors (Lipinski definition) is 4. The summed E-state index contributed by atoms with van der Waals surface area (Å²) in [6.45, 7) is 0.900. The molecule has 0 radical (unpaired) electrons. The Morgan fingerprint density at radius 2 is 2.00 bits per heavy atom. The van der Waals surface area contributed by atoms with Gasteiger partial charge in [-0.1, -0.05) is 12.1 Å². The Kier molecular flexibility index (Phi) is 4.81. The van der Waals surface area contributed by atoms with Crippen LogP contribution in [-0.2, 0) is 31.9 Å². The number of carbonyl (C=O) groups is 1. The fraction of sp³-hybridized carbons (Fsp3) is 0.400. The molecule has 0 bridgehead atoms. The minimum atomic E-state index is -0.436. The van der Waals surface area contributed by atoms with Crippen molar-refractivity contribution >= 4 is 22.8 Å². The number of aromatic nitrogens is 4. The fourth-order valence-electron chi connectivity index (χ4n) is 3.95. The Morgan fingerprint density at radius 1 is 1.21 bits per heavy atom. The van der Waals surface area contributed by atoms with Gasteiger partial charge in [0.15, 0.2) is 11.2 Å². The first-order valence-electron chi connectivity index (χ1n) is 9.58. The summed E-state index contributed by atoms with van der Waals surface area (Å²) in [5.41, 5.74) is 1.04. The Morgan fingerprint density at radius 3 is 2.79 bits per heavy atom. The molecular formula is C20H22FN5O3. The molecule has 4 rings (SSSR count). The molecule has 1 amide bonds. The number of para-hydroxylation sites is 1. The van der Waals surface area contributed by atoms with Gasteiger partial charge in [-0.3, -0.25) is 18.7 Å². The first-order chi connectivity index (χ1) is 13.9. The molecule has 0 spiro atoms. The number of hydrogen-bond donors (Lipinski definition) is 0. The Bertz CT molecular complexity index is 1220. The van der Waals surface area contributed by atoms with Crippen LogP contribution in [0.4, 0.5) is 10.1 Å². The van der Waals surface area contributed by atoms with Crippen LogP contribution in [0.15, 0.2) is 34.1 Å². The number of benzene rings is 1. The van der Waals surface area contributed by atoms with E-state index in [1.54, 1.807) is 17.7 Å². The molecule has 0 saturated carbocycles. The first-order valence-corrected chi connectivity index (χ1v) is 9.58. The van der Waals surface area contributed by atoms with Crippen molar-refractivity contribution in [2.24, 2.45) is 14.1 Å². The third-order valence-corrected chi connectivity index (χ3v) is 5.48. The monoisotopic (exact) mass is 399 g/mol. The molecule has 152 valence electrons. The van der Waals surface area contributed by atoms with E-state index in [0.29, 0.717) is 36.4 Å². The van der Waals surface area contributed by atoms with Gasteiger partial charge in [-0.25, -0.2) is 14.2 Å². The SMILES string of the molecule is Cn1c(=O)c2c(ncn2CCCC(=O)N2CCCc3cccc(F)c32)n(C)c1=O. The van der Waals surface area contributed by atoms with Gasteiger partial charge in [0.2, 0.25) is 5.91 Å². The lowest BCUT2D eigenvalue weighted by Crippen LogP contribution is -2.37. The lowest BCUT2D eigenvalue weighted by molar-refractivity contribution is -0.118. The molecule has 0 N–H and O–H groups in total. The number of rotatable bonds is 4. The van der Waals surface area contributed by atoms with E-state index in [9.17, 15) is 18.8 Å². The molecule has 9 heteroatoms. The minimum absolute atomic E-state index is 0.138. The molecule has 0 fully saturated rings. The van der Waals surface area contributed by atoms with Crippen LogP contribution in [0.5, 0.6) is 0 Å². The van der Waals surface area contributed by atoms with Crippen molar-refractivity contribution in [1.82, 2.24) is 18.7 Å². The van der Waals surface area contributed by atoms with Gasteiger partial charge in [0.05, 0.1) is 12.0 Å². The lowest BCUT2D eigenvalue weighted by atomic mass is 10.0. The maximum Gasteiger partial charge on any atom is 0.332 e. The van der Waals surface area contributed by atoms with Crippen molar-refractivity contribution in [3.8, 4) is 0 Å². The second-order valence-corrected chi connectivity index (χ2v) is 7.32. The van der Waals surface area contributed by atoms with Crippen LogP contribution in [0.1, 0.15) is 24.8 Å². The van der Waals surface area contributed by atoms with Crippen LogP contribution in [0.2, 0.25) is 0 Å². The van der Waals surface area contributed by atoms with Crippen molar-refractivity contribution in [3.63, 3.8) is 0 Å². The molecule has 2 aromatic heterocycles. The van der Waals surface area contributed by atoms with Crippen molar-refractivity contribution < 1.29 is 9.18 Å². The molecular weight excluding hydrogens is 377 g/mol. The third kappa shape index (κ3) is 3.16. The predicted molar refractivity (Wildman–Crippen MR) is 107 cm³/mol. The van der Waals surface area contributed by atoms with Gasteiger partial charge in [-0.2, -0.15) is 0 Å². The summed E-state index contributed by atoms with van der Waals surface area (Å²) < 4.78 is 18.3. The molecule has 3 aromatic rings. The maximum absolute atomic E-state index is 14.3. The van der Waals surface area contributed by atoms with Crippen LogP contribution < -0.4 is 16.1 Å². The largest absolute Gasteiger partial charge is 0.332 e. The van der Waals surface area contributed by atoms with Gasteiger partial charge in [-0.05, 0) is 30.9 Å². The number of carbonyl (C=O) groups excluding carboxylic acids is 1. The summed E-state index contributed by atoms with van der Waals surface area (Å²) in [4.78, 5) is 42.9.